The van der Waals surface area contributed by atoms with Gasteiger partial charge in [0.25, 0.3) is 0 Å². The van der Waals surface area contributed by atoms with E-state index in [2.05, 4.69) is 19.1 Å². The van der Waals surface area contributed by atoms with Crippen LogP contribution in [-0.4, -0.2) is 23.8 Å². The number of phenolic OH excluding ortho intramolecular Hbond substituents is 1. The number of benzene rings is 3. The summed E-state index contributed by atoms with van der Waals surface area (Å²) >= 11 is 0. The molecule has 0 radical (unpaired) electrons. The summed E-state index contributed by atoms with van der Waals surface area (Å²) in [6, 6.07) is 18.0. The topological polar surface area (TPSA) is 91.3 Å². The molecule has 7 heteroatoms. The fraction of sp³-hybridized carbons (Fsp3) is 0.375. The average Bonchev–Trinajstić information content (AvgIpc) is 3.34. The molecule has 0 aromatic heterocycles. The van der Waals surface area contributed by atoms with Gasteiger partial charge in [-0.05, 0) is 81.1 Å². The number of esters is 1. The number of hydrogen-bond donors (Lipinski definition) is 1. The van der Waals surface area contributed by atoms with Gasteiger partial charge in [0.1, 0.15) is 29.6 Å². The molecule has 0 saturated carbocycles. The average molecular weight is 533 g/mol. The van der Waals surface area contributed by atoms with Crippen molar-refractivity contribution in [1.82, 2.24) is 0 Å². The summed E-state index contributed by atoms with van der Waals surface area (Å²) in [5.74, 6) is 0.946. The van der Waals surface area contributed by atoms with Gasteiger partial charge < -0.3 is 24.1 Å². The Morgan fingerprint density at radius 2 is 1.69 bits per heavy atom. The van der Waals surface area contributed by atoms with Gasteiger partial charge >= 0.3 is 12.1 Å². The molecule has 1 N–H and O–H groups in total. The smallest absolute Gasteiger partial charge is 0.508 e. The van der Waals surface area contributed by atoms with Gasteiger partial charge in [0.05, 0.1) is 5.41 Å². The minimum Gasteiger partial charge on any atom is -0.508 e. The summed E-state index contributed by atoms with van der Waals surface area (Å²) in [5, 5.41) is 9.68. The van der Waals surface area contributed by atoms with E-state index in [0.29, 0.717) is 28.4 Å². The SMILES string of the molecule is CCCCCCc1ccc(-c2cc(Oc3ccc(O)cc3)c(C3COC(=O)O3)cc2OC(=O)C(C)(C)C)cc1. The predicted octanol–water partition coefficient (Wildman–Crippen LogP) is 8.13. The number of aromatic hydroxyl groups is 1. The fourth-order valence-corrected chi connectivity index (χ4v) is 4.21. The summed E-state index contributed by atoms with van der Waals surface area (Å²) < 4.78 is 22.5. The van der Waals surface area contributed by atoms with Gasteiger partial charge in [-0.15, -0.1) is 0 Å². The maximum Gasteiger partial charge on any atom is 0.509 e. The highest BCUT2D eigenvalue weighted by Crippen LogP contribution is 2.43. The summed E-state index contributed by atoms with van der Waals surface area (Å²) in [7, 11) is 0. The van der Waals surface area contributed by atoms with Crippen LogP contribution in [-0.2, 0) is 20.7 Å². The van der Waals surface area contributed by atoms with Crippen molar-refractivity contribution in [1.29, 1.82) is 0 Å². The summed E-state index contributed by atoms with van der Waals surface area (Å²) in [6.07, 6.45) is 4.28. The molecule has 0 spiro atoms. The van der Waals surface area contributed by atoms with E-state index in [1.807, 2.05) is 12.1 Å². The van der Waals surface area contributed by atoms with E-state index in [1.54, 1.807) is 45.0 Å². The van der Waals surface area contributed by atoms with Crippen LogP contribution < -0.4 is 9.47 Å². The van der Waals surface area contributed by atoms with Crippen LogP contribution in [0.1, 0.15) is 70.6 Å². The first-order valence-electron chi connectivity index (χ1n) is 13.4. The minimum atomic E-state index is -0.776. The number of ether oxygens (including phenoxy) is 4. The van der Waals surface area contributed by atoms with Crippen molar-refractivity contribution in [3.05, 3.63) is 71.8 Å². The lowest BCUT2D eigenvalue weighted by Gasteiger charge is -2.22. The van der Waals surface area contributed by atoms with E-state index in [9.17, 15) is 14.7 Å². The van der Waals surface area contributed by atoms with Crippen molar-refractivity contribution in [2.45, 2.75) is 65.9 Å². The summed E-state index contributed by atoms with van der Waals surface area (Å²) in [4.78, 5) is 24.7. The number of hydrogen-bond acceptors (Lipinski definition) is 7. The maximum absolute atomic E-state index is 12.9. The lowest BCUT2D eigenvalue weighted by molar-refractivity contribution is -0.142. The number of unbranched alkanes of at least 4 members (excludes halogenated alkanes) is 3. The van der Waals surface area contributed by atoms with E-state index in [0.717, 1.165) is 18.4 Å². The van der Waals surface area contributed by atoms with Gasteiger partial charge in [0.15, 0.2) is 6.10 Å². The van der Waals surface area contributed by atoms with Crippen LogP contribution in [0.4, 0.5) is 4.79 Å². The number of cyclic esters (lactones) is 2. The third kappa shape index (κ3) is 7.31. The standard InChI is InChI=1S/C32H36O7/c1-5-6-7-8-9-21-10-12-22(13-11-21)25-18-28(37-24-16-14-23(33)15-17-24)26(29-20-36-31(35)39-29)19-27(25)38-30(34)32(2,3)4/h10-19,29,33H,5-9,20H2,1-4H3. The molecule has 3 aromatic carbocycles. The van der Waals surface area contributed by atoms with E-state index in [-0.39, 0.29) is 12.4 Å². The Hall–Kier alpha value is -4.00. The first-order valence-corrected chi connectivity index (χ1v) is 13.4. The van der Waals surface area contributed by atoms with Crippen LogP contribution in [0.3, 0.4) is 0 Å². The molecule has 206 valence electrons. The molecule has 3 aromatic rings. The molecular weight excluding hydrogens is 496 g/mol. The number of rotatable bonds is 10. The quantitative estimate of drug-likeness (QED) is 0.160. The van der Waals surface area contributed by atoms with Crippen LogP contribution in [0.5, 0.6) is 23.0 Å². The Labute approximate surface area is 229 Å². The van der Waals surface area contributed by atoms with Crippen molar-refractivity contribution in [3.8, 4) is 34.1 Å². The second-order valence-corrected chi connectivity index (χ2v) is 10.8. The Kier molecular flexibility index (Phi) is 8.79. The number of carbonyl (C=O) groups is 2. The highest BCUT2D eigenvalue weighted by molar-refractivity contribution is 5.82. The van der Waals surface area contributed by atoms with Crippen molar-refractivity contribution < 1.29 is 33.6 Å². The molecule has 1 unspecified atom stereocenters. The molecule has 1 aliphatic heterocycles. The molecule has 0 bridgehead atoms. The van der Waals surface area contributed by atoms with Crippen molar-refractivity contribution in [2.24, 2.45) is 5.41 Å². The lowest BCUT2D eigenvalue weighted by atomic mass is 9.96. The molecule has 39 heavy (non-hydrogen) atoms. The first-order chi connectivity index (χ1) is 18.6. The third-order valence-electron chi connectivity index (χ3n) is 6.51. The monoisotopic (exact) mass is 532 g/mol. The highest BCUT2D eigenvalue weighted by atomic mass is 16.8. The summed E-state index contributed by atoms with van der Waals surface area (Å²) in [6.45, 7) is 7.57. The Bertz CT molecular complexity index is 1290. The normalized spacial score (nSPS) is 15.0. The molecule has 1 atom stereocenters. The molecule has 1 heterocycles. The Balaban J connectivity index is 1.76. The molecule has 1 saturated heterocycles. The number of phenols is 1. The van der Waals surface area contributed by atoms with E-state index in [1.165, 1.54) is 37.0 Å². The van der Waals surface area contributed by atoms with Crippen LogP contribution in [0, 0.1) is 5.41 Å². The number of carbonyl (C=O) groups excluding carboxylic acids is 2. The van der Waals surface area contributed by atoms with Gasteiger partial charge in [0.2, 0.25) is 0 Å². The molecule has 4 rings (SSSR count). The second-order valence-electron chi connectivity index (χ2n) is 10.8. The largest absolute Gasteiger partial charge is 0.509 e. The third-order valence-corrected chi connectivity index (χ3v) is 6.51. The second kappa shape index (κ2) is 12.2. The first kappa shape index (κ1) is 28.0. The molecule has 0 aliphatic carbocycles. The molecule has 1 aliphatic rings. The zero-order chi connectivity index (χ0) is 28.0. The zero-order valence-corrected chi connectivity index (χ0v) is 23.0. The molecule has 7 nitrogen and oxygen atoms in total. The van der Waals surface area contributed by atoms with Gasteiger partial charge in [-0.3, -0.25) is 4.79 Å². The summed E-state index contributed by atoms with van der Waals surface area (Å²) in [5.41, 5.74) is 2.53. The molecule has 0 amide bonds. The van der Waals surface area contributed by atoms with E-state index < -0.39 is 23.6 Å². The predicted molar refractivity (Wildman–Crippen MR) is 148 cm³/mol. The molecule has 1 fully saturated rings. The van der Waals surface area contributed by atoms with Crippen LogP contribution in [0.25, 0.3) is 11.1 Å². The van der Waals surface area contributed by atoms with Gasteiger partial charge in [-0.2, -0.15) is 0 Å². The van der Waals surface area contributed by atoms with Crippen molar-refractivity contribution in [2.75, 3.05) is 6.61 Å². The lowest BCUT2D eigenvalue weighted by Crippen LogP contribution is -2.26. The van der Waals surface area contributed by atoms with Crippen molar-refractivity contribution >= 4 is 12.1 Å². The minimum absolute atomic E-state index is 0.00348. The fourth-order valence-electron chi connectivity index (χ4n) is 4.21. The van der Waals surface area contributed by atoms with Crippen LogP contribution >= 0.6 is 0 Å². The van der Waals surface area contributed by atoms with Gasteiger partial charge in [0, 0.05) is 11.1 Å². The highest BCUT2D eigenvalue weighted by Gasteiger charge is 2.32. The zero-order valence-electron chi connectivity index (χ0n) is 23.0. The number of aryl methyl sites for hydroxylation is 1. The van der Waals surface area contributed by atoms with E-state index >= 15 is 0 Å². The Morgan fingerprint density at radius 1 is 0.974 bits per heavy atom. The van der Waals surface area contributed by atoms with Crippen LogP contribution in [0.15, 0.2) is 60.7 Å². The van der Waals surface area contributed by atoms with Crippen molar-refractivity contribution in [3.63, 3.8) is 0 Å². The van der Waals surface area contributed by atoms with Gasteiger partial charge in [-0.1, -0.05) is 50.5 Å². The Morgan fingerprint density at radius 3 is 2.31 bits per heavy atom. The van der Waals surface area contributed by atoms with Gasteiger partial charge in [-0.25, -0.2) is 4.79 Å². The van der Waals surface area contributed by atoms with Crippen LogP contribution in [0.2, 0.25) is 0 Å². The maximum atomic E-state index is 12.9. The molecular formula is C32H36O7. The van der Waals surface area contributed by atoms with E-state index in [4.69, 9.17) is 18.9 Å².